The second-order valence-electron chi connectivity index (χ2n) is 5.51. The van der Waals surface area contributed by atoms with Gasteiger partial charge in [0.1, 0.15) is 0 Å². The van der Waals surface area contributed by atoms with Crippen molar-refractivity contribution in [2.24, 2.45) is 5.92 Å². The van der Waals surface area contributed by atoms with E-state index in [4.69, 9.17) is 0 Å². The quantitative estimate of drug-likeness (QED) is 0.906. The Morgan fingerprint density at radius 1 is 1.50 bits per heavy atom. The number of benzene rings is 1. The van der Waals surface area contributed by atoms with Gasteiger partial charge in [0.05, 0.1) is 5.75 Å². The molecule has 0 bridgehead atoms. The van der Waals surface area contributed by atoms with Crippen LogP contribution in [0.25, 0.3) is 0 Å². The van der Waals surface area contributed by atoms with E-state index >= 15 is 0 Å². The van der Waals surface area contributed by atoms with Crippen molar-refractivity contribution in [3.05, 3.63) is 35.4 Å². The Morgan fingerprint density at radius 3 is 3.10 bits per heavy atom. The number of aryl methyl sites for hydroxylation is 1. The molecule has 0 spiro atoms. The number of aliphatic hydroxyl groups is 1. The van der Waals surface area contributed by atoms with Gasteiger partial charge < -0.3 is 10.0 Å². The summed E-state index contributed by atoms with van der Waals surface area (Å²) in [6, 6.07) is 8.42. The summed E-state index contributed by atoms with van der Waals surface area (Å²) in [5, 5.41) is 9.20. The van der Waals surface area contributed by atoms with E-state index in [0.29, 0.717) is 5.75 Å². The highest BCUT2D eigenvalue weighted by molar-refractivity contribution is 7.99. The van der Waals surface area contributed by atoms with Crippen LogP contribution in [0.2, 0.25) is 0 Å². The van der Waals surface area contributed by atoms with Crippen LogP contribution in [0.1, 0.15) is 24.0 Å². The lowest BCUT2D eigenvalue weighted by Crippen LogP contribution is -2.41. The fourth-order valence-electron chi connectivity index (χ4n) is 2.59. The van der Waals surface area contributed by atoms with Crippen LogP contribution in [0.3, 0.4) is 0 Å². The van der Waals surface area contributed by atoms with Gasteiger partial charge in [0.25, 0.3) is 0 Å². The van der Waals surface area contributed by atoms with Crippen molar-refractivity contribution in [2.75, 3.05) is 25.4 Å². The molecule has 1 amide bonds. The predicted molar refractivity (Wildman–Crippen MR) is 83.7 cm³/mol. The average molecular weight is 293 g/mol. The lowest BCUT2D eigenvalue weighted by molar-refractivity contribution is -0.130. The summed E-state index contributed by atoms with van der Waals surface area (Å²) in [5.41, 5.74) is 2.53. The molecule has 0 radical (unpaired) electrons. The molecule has 0 aromatic heterocycles. The molecule has 1 N–H and O–H groups in total. The van der Waals surface area contributed by atoms with Crippen molar-refractivity contribution in [1.82, 2.24) is 4.90 Å². The van der Waals surface area contributed by atoms with E-state index in [9.17, 15) is 9.90 Å². The topological polar surface area (TPSA) is 40.5 Å². The Labute approximate surface area is 125 Å². The van der Waals surface area contributed by atoms with Crippen LogP contribution in [0.4, 0.5) is 0 Å². The van der Waals surface area contributed by atoms with Gasteiger partial charge in [-0.15, -0.1) is 11.8 Å². The minimum Gasteiger partial charge on any atom is -0.396 e. The maximum atomic E-state index is 12.1. The molecule has 1 unspecified atom stereocenters. The molecule has 1 fully saturated rings. The first-order chi connectivity index (χ1) is 9.69. The van der Waals surface area contributed by atoms with Gasteiger partial charge >= 0.3 is 0 Å². The third-order valence-corrected chi connectivity index (χ3v) is 4.70. The molecule has 1 heterocycles. The van der Waals surface area contributed by atoms with Crippen molar-refractivity contribution < 1.29 is 9.90 Å². The molecule has 1 saturated heterocycles. The van der Waals surface area contributed by atoms with Crippen LogP contribution >= 0.6 is 11.8 Å². The molecule has 0 saturated carbocycles. The number of aliphatic hydroxyl groups excluding tert-OH is 1. The molecule has 1 aromatic carbocycles. The van der Waals surface area contributed by atoms with E-state index in [1.54, 1.807) is 11.8 Å². The monoisotopic (exact) mass is 293 g/mol. The fourth-order valence-corrected chi connectivity index (χ4v) is 3.46. The summed E-state index contributed by atoms with van der Waals surface area (Å²) >= 11 is 1.67. The number of carbonyl (C=O) groups is 1. The highest BCUT2D eigenvalue weighted by atomic mass is 32.2. The van der Waals surface area contributed by atoms with Crippen molar-refractivity contribution in [3.63, 3.8) is 0 Å². The minimum absolute atomic E-state index is 0.195. The van der Waals surface area contributed by atoms with Gasteiger partial charge in [-0.1, -0.05) is 29.8 Å². The van der Waals surface area contributed by atoms with Gasteiger partial charge in [0.15, 0.2) is 0 Å². The number of thioether (sulfide) groups is 1. The molecule has 1 aliphatic rings. The zero-order chi connectivity index (χ0) is 14.4. The third-order valence-electron chi connectivity index (χ3n) is 3.71. The van der Waals surface area contributed by atoms with Gasteiger partial charge in [0.2, 0.25) is 5.91 Å². The number of piperidine rings is 1. The second-order valence-corrected chi connectivity index (χ2v) is 6.50. The maximum absolute atomic E-state index is 12.1. The summed E-state index contributed by atoms with van der Waals surface area (Å²) in [7, 11) is 0. The van der Waals surface area contributed by atoms with Crippen molar-refractivity contribution in [3.8, 4) is 0 Å². The Hall–Kier alpha value is -1.00. The molecule has 1 aliphatic heterocycles. The zero-order valence-electron chi connectivity index (χ0n) is 12.0. The van der Waals surface area contributed by atoms with E-state index in [-0.39, 0.29) is 18.4 Å². The number of amides is 1. The standard InChI is InChI=1S/C16H23NO2S/c1-13-4-2-5-14(8-13)11-20-12-16(19)17-7-3-6-15(9-17)10-18/h2,4-5,8,15,18H,3,6-7,9-12H2,1H3. The summed E-state index contributed by atoms with van der Waals surface area (Å²) in [6.07, 6.45) is 2.05. The molecule has 3 nitrogen and oxygen atoms in total. The third kappa shape index (κ3) is 4.53. The first-order valence-electron chi connectivity index (χ1n) is 7.21. The van der Waals surface area contributed by atoms with Crippen molar-refractivity contribution in [2.45, 2.75) is 25.5 Å². The van der Waals surface area contributed by atoms with E-state index < -0.39 is 0 Å². The summed E-state index contributed by atoms with van der Waals surface area (Å²) in [4.78, 5) is 14.1. The second kappa shape index (κ2) is 7.70. The average Bonchev–Trinajstić information content (AvgIpc) is 2.47. The Kier molecular flexibility index (Phi) is 5.92. The van der Waals surface area contributed by atoms with E-state index in [0.717, 1.165) is 31.7 Å². The summed E-state index contributed by atoms with van der Waals surface area (Å²) in [6.45, 7) is 3.85. The van der Waals surface area contributed by atoms with Crippen LogP contribution in [0, 0.1) is 12.8 Å². The molecular weight excluding hydrogens is 270 g/mol. The SMILES string of the molecule is Cc1cccc(CSCC(=O)N2CCCC(CO)C2)c1. The van der Waals surface area contributed by atoms with Crippen LogP contribution in [-0.4, -0.2) is 41.4 Å². The fraction of sp³-hybridized carbons (Fsp3) is 0.562. The number of nitrogens with zero attached hydrogens (tertiary/aromatic N) is 1. The van der Waals surface area contributed by atoms with Crippen LogP contribution < -0.4 is 0 Å². The number of carbonyl (C=O) groups excluding carboxylic acids is 1. The van der Waals surface area contributed by atoms with E-state index in [2.05, 4.69) is 31.2 Å². The smallest absolute Gasteiger partial charge is 0.232 e. The van der Waals surface area contributed by atoms with Gasteiger partial charge in [-0.05, 0) is 31.2 Å². The molecule has 4 heteroatoms. The normalized spacial score (nSPS) is 19.1. The van der Waals surface area contributed by atoms with Crippen LogP contribution in [0.15, 0.2) is 24.3 Å². The van der Waals surface area contributed by atoms with Gasteiger partial charge in [-0.2, -0.15) is 0 Å². The molecule has 2 rings (SSSR count). The number of rotatable bonds is 5. The largest absolute Gasteiger partial charge is 0.396 e. The van der Waals surface area contributed by atoms with Gasteiger partial charge in [-0.25, -0.2) is 0 Å². The Bertz CT molecular complexity index is 450. The number of hydrogen-bond acceptors (Lipinski definition) is 3. The van der Waals surface area contributed by atoms with Crippen molar-refractivity contribution >= 4 is 17.7 Å². The first kappa shape index (κ1) is 15.4. The molecule has 110 valence electrons. The van der Waals surface area contributed by atoms with Crippen LogP contribution in [-0.2, 0) is 10.5 Å². The molecule has 0 aliphatic carbocycles. The minimum atomic E-state index is 0.195. The molecule has 20 heavy (non-hydrogen) atoms. The highest BCUT2D eigenvalue weighted by Crippen LogP contribution is 2.18. The maximum Gasteiger partial charge on any atom is 0.232 e. The molecule has 1 aromatic rings. The summed E-state index contributed by atoms with van der Waals surface area (Å²) in [5.74, 6) is 1.90. The Balaban J connectivity index is 1.75. The number of likely N-dealkylation sites (tertiary alicyclic amines) is 1. The lowest BCUT2D eigenvalue weighted by atomic mass is 9.99. The molecule has 1 atom stereocenters. The molecular formula is C16H23NO2S. The van der Waals surface area contributed by atoms with E-state index in [1.807, 2.05) is 4.90 Å². The zero-order valence-corrected chi connectivity index (χ0v) is 12.9. The van der Waals surface area contributed by atoms with Gasteiger partial charge in [-0.3, -0.25) is 4.79 Å². The predicted octanol–water partition coefficient (Wildman–Crippen LogP) is 2.46. The summed E-state index contributed by atoms with van der Waals surface area (Å²) < 4.78 is 0. The van der Waals surface area contributed by atoms with Crippen LogP contribution in [0.5, 0.6) is 0 Å². The Morgan fingerprint density at radius 2 is 2.35 bits per heavy atom. The van der Waals surface area contributed by atoms with Gasteiger partial charge in [0, 0.05) is 25.4 Å². The highest BCUT2D eigenvalue weighted by Gasteiger charge is 2.22. The number of hydrogen-bond donors (Lipinski definition) is 1. The lowest BCUT2D eigenvalue weighted by Gasteiger charge is -2.31. The first-order valence-corrected chi connectivity index (χ1v) is 8.36. The van der Waals surface area contributed by atoms with E-state index in [1.165, 1.54) is 11.1 Å². The van der Waals surface area contributed by atoms with Crippen molar-refractivity contribution in [1.29, 1.82) is 0 Å².